The van der Waals surface area contributed by atoms with Crippen molar-refractivity contribution in [2.24, 2.45) is 0 Å². The Morgan fingerprint density at radius 1 is 0.735 bits per heavy atom. The Balaban J connectivity index is 2.63. The molecule has 34 heavy (non-hydrogen) atoms. The second-order valence-electron chi connectivity index (χ2n) is 9.31. The summed E-state index contributed by atoms with van der Waals surface area (Å²) < 4.78 is 19.3. The molecule has 0 saturated carbocycles. The fourth-order valence-electron chi connectivity index (χ4n) is 4.40. The average Bonchev–Trinajstić information content (AvgIpc) is 2.64. The van der Waals surface area contributed by atoms with E-state index in [-0.39, 0.29) is 11.1 Å². The first-order chi connectivity index (χ1) is 15.7. The molecule has 2 rings (SSSR count). The number of rotatable bonds is 9. The Hall–Kier alpha value is -2.85. The first-order valence-electron chi connectivity index (χ1n) is 11.2. The van der Waals surface area contributed by atoms with Crippen molar-refractivity contribution >= 4 is 29.9 Å². The lowest BCUT2D eigenvalue weighted by Crippen LogP contribution is -2.23. The molecule has 182 valence electrons. The van der Waals surface area contributed by atoms with E-state index in [1.807, 2.05) is 13.8 Å². The normalized spacial score (nSPS) is 11.4. The van der Waals surface area contributed by atoms with Crippen LogP contribution >= 0.6 is 7.14 Å². The van der Waals surface area contributed by atoms with E-state index in [1.165, 1.54) is 0 Å². The van der Waals surface area contributed by atoms with Crippen molar-refractivity contribution in [2.75, 3.05) is 6.16 Å². The van der Waals surface area contributed by atoms with Crippen LogP contribution in [-0.4, -0.2) is 35.1 Å². The lowest BCUT2D eigenvalue weighted by atomic mass is 10.0. The van der Waals surface area contributed by atoms with E-state index in [9.17, 15) is 23.7 Å². The molecule has 0 N–H and O–H groups in total. The van der Waals surface area contributed by atoms with Gasteiger partial charge in [0.05, 0.1) is 12.3 Å². The van der Waals surface area contributed by atoms with Crippen molar-refractivity contribution in [2.45, 2.75) is 67.9 Å². The van der Waals surface area contributed by atoms with Crippen molar-refractivity contribution < 1.29 is 28.5 Å². The van der Waals surface area contributed by atoms with E-state index in [0.717, 1.165) is 11.1 Å². The van der Waals surface area contributed by atoms with Gasteiger partial charge in [-0.1, -0.05) is 35.4 Å². The Labute approximate surface area is 201 Å². The SMILES string of the molecule is Cc1cc(C)c(C(=O)P(=O)(CC(=O)CC(=O)OC(C)C)C(=O)c2c(C)cc(C)cc2C)c(C)c1. The Morgan fingerprint density at radius 3 is 1.41 bits per heavy atom. The van der Waals surface area contributed by atoms with Crippen molar-refractivity contribution in [3.8, 4) is 0 Å². The van der Waals surface area contributed by atoms with Gasteiger partial charge >= 0.3 is 5.97 Å². The predicted molar refractivity (Wildman–Crippen MR) is 133 cm³/mol. The lowest BCUT2D eigenvalue weighted by Gasteiger charge is -2.20. The van der Waals surface area contributed by atoms with Crippen LogP contribution in [0.5, 0.6) is 0 Å². The minimum absolute atomic E-state index is 0.183. The summed E-state index contributed by atoms with van der Waals surface area (Å²) in [6.07, 6.45) is -1.90. The van der Waals surface area contributed by atoms with Crippen molar-refractivity contribution in [1.82, 2.24) is 0 Å². The molecule has 6 nitrogen and oxygen atoms in total. The molecule has 0 aliphatic carbocycles. The quantitative estimate of drug-likeness (QED) is 0.254. The van der Waals surface area contributed by atoms with Gasteiger partial charge in [0.1, 0.15) is 6.42 Å². The third-order valence-electron chi connectivity index (χ3n) is 5.55. The molecule has 2 aromatic rings. The third-order valence-corrected chi connectivity index (χ3v) is 8.10. The van der Waals surface area contributed by atoms with Crippen LogP contribution in [0.15, 0.2) is 24.3 Å². The summed E-state index contributed by atoms with van der Waals surface area (Å²) in [4.78, 5) is 52.4. The largest absolute Gasteiger partial charge is 0.463 e. The zero-order chi connectivity index (χ0) is 26.0. The number of carbonyl (C=O) groups excluding carboxylic acids is 4. The van der Waals surface area contributed by atoms with Crippen LogP contribution < -0.4 is 0 Å². The summed E-state index contributed by atoms with van der Waals surface area (Å²) in [6.45, 7) is 13.9. The highest BCUT2D eigenvalue weighted by atomic mass is 31.2. The molecule has 0 bridgehead atoms. The summed E-state index contributed by atoms with van der Waals surface area (Å²) in [5.74, 6) is -1.54. The Morgan fingerprint density at radius 2 is 1.09 bits per heavy atom. The van der Waals surface area contributed by atoms with Gasteiger partial charge in [-0.05, 0) is 77.6 Å². The van der Waals surface area contributed by atoms with E-state index < -0.39 is 48.6 Å². The van der Waals surface area contributed by atoms with Crippen LogP contribution in [0.25, 0.3) is 0 Å². The van der Waals surface area contributed by atoms with Crippen LogP contribution in [0.1, 0.15) is 74.4 Å². The number of aryl methyl sites for hydroxylation is 6. The topological polar surface area (TPSA) is 94.6 Å². The Bertz CT molecular complexity index is 1100. The zero-order valence-corrected chi connectivity index (χ0v) is 22.1. The second-order valence-corrected chi connectivity index (χ2v) is 11.9. The molecule has 0 atom stereocenters. The molecular weight excluding hydrogens is 451 g/mol. The van der Waals surface area contributed by atoms with Crippen LogP contribution in [0.4, 0.5) is 0 Å². The zero-order valence-electron chi connectivity index (χ0n) is 21.2. The molecule has 2 aromatic carbocycles. The second kappa shape index (κ2) is 10.6. The van der Waals surface area contributed by atoms with Gasteiger partial charge < -0.3 is 9.30 Å². The first-order valence-corrected chi connectivity index (χ1v) is 13.1. The number of ether oxygens (including phenoxy) is 1. The van der Waals surface area contributed by atoms with E-state index in [0.29, 0.717) is 22.3 Å². The van der Waals surface area contributed by atoms with E-state index in [4.69, 9.17) is 4.74 Å². The van der Waals surface area contributed by atoms with Crippen molar-refractivity contribution in [3.05, 3.63) is 68.8 Å². The number of hydrogen-bond acceptors (Lipinski definition) is 6. The van der Waals surface area contributed by atoms with Gasteiger partial charge in [-0.3, -0.25) is 19.2 Å². The average molecular weight is 485 g/mol. The molecule has 0 aliphatic heterocycles. The van der Waals surface area contributed by atoms with Gasteiger partial charge in [-0.15, -0.1) is 0 Å². The number of hydrogen-bond donors (Lipinski definition) is 0. The van der Waals surface area contributed by atoms with Gasteiger partial charge in [0.2, 0.25) is 18.2 Å². The summed E-state index contributed by atoms with van der Waals surface area (Å²) in [7, 11) is -4.46. The van der Waals surface area contributed by atoms with Crippen LogP contribution in [0.3, 0.4) is 0 Å². The summed E-state index contributed by atoms with van der Waals surface area (Å²) in [5, 5.41) is 0. The Kier molecular flexibility index (Phi) is 8.54. The molecule has 0 heterocycles. The molecule has 0 spiro atoms. The van der Waals surface area contributed by atoms with Gasteiger partial charge in [-0.25, -0.2) is 0 Å². The predicted octanol–water partition coefficient (Wildman–Crippen LogP) is 5.79. The standard InChI is InChI=1S/C27H33O6P/c1-15(2)33-23(29)13-22(28)14-34(32,26(30)24-18(5)9-16(3)10-19(24)6)27(31)25-20(7)11-17(4)12-21(25)8/h9-12,15H,13-14H2,1-8H3. The minimum atomic E-state index is -4.46. The number of ketones is 1. The molecule has 0 aromatic heterocycles. The molecular formula is C27H33O6P. The van der Waals surface area contributed by atoms with Crippen LogP contribution in [-0.2, 0) is 18.9 Å². The van der Waals surface area contributed by atoms with Crippen LogP contribution in [0.2, 0.25) is 0 Å². The highest BCUT2D eigenvalue weighted by Gasteiger charge is 2.44. The van der Waals surface area contributed by atoms with Crippen LogP contribution in [0, 0.1) is 41.5 Å². The number of benzene rings is 2. The highest BCUT2D eigenvalue weighted by molar-refractivity contribution is 7.96. The molecule has 0 amide bonds. The highest BCUT2D eigenvalue weighted by Crippen LogP contribution is 2.53. The maximum Gasteiger partial charge on any atom is 0.313 e. The lowest BCUT2D eigenvalue weighted by molar-refractivity contribution is -0.149. The fraction of sp³-hybridized carbons (Fsp3) is 0.407. The van der Waals surface area contributed by atoms with E-state index in [1.54, 1.807) is 65.8 Å². The summed E-state index contributed by atoms with van der Waals surface area (Å²) >= 11 is 0. The number of carbonyl (C=O) groups is 4. The fourth-order valence-corrected chi connectivity index (χ4v) is 6.91. The molecule has 0 fully saturated rings. The van der Waals surface area contributed by atoms with E-state index in [2.05, 4.69) is 0 Å². The molecule has 0 radical (unpaired) electrons. The number of Topliss-reactive ketones (excluding diaryl/α,β-unsaturated/α-hetero) is 1. The molecule has 0 unspecified atom stereocenters. The monoisotopic (exact) mass is 484 g/mol. The van der Waals surface area contributed by atoms with Crippen molar-refractivity contribution in [3.63, 3.8) is 0 Å². The molecule has 0 saturated heterocycles. The summed E-state index contributed by atoms with van der Waals surface area (Å²) in [5.41, 5.74) is 2.84. The number of esters is 1. The maximum atomic E-state index is 14.3. The smallest absolute Gasteiger partial charge is 0.313 e. The molecule has 0 aliphatic rings. The van der Waals surface area contributed by atoms with Gasteiger partial charge in [0.25, 0.3) is 0 Å². The van der Waals surface area contributed by atoms with Gasteiger partial charge in [-0.2, -0.15) is 0 Å². The maximum absolute atomic E-state index is 14.3. The third kappa shape index (κ3) is 5.98. The summed E-state index contributed by atoms with van der Waals surface area (Å²) in [6, 6.07) is 7.11. The molecule has 7 heteroatoms. The van der Waals surface area contributed by atoms with Crippen molar-refractivity contribution in [1.29, 1.82) is 0 Å². The first kappa shape index (κ1) is 27.4. The van der Waals surface area contributed by atoms with E-state index >= 15 is 0 Å². The van der Waals surface area contributed by atoms with Gasteiger partial charge in [0, 0.05) is 11.1 Å². The minimum Gasteiger partial charge on any atom is -0.463 e. The van der Waals surface area contributed by atoms with Gasteiger partial charge in [0.15, 0.2) is 5.78 Å².